The molecule has 92 valence electrons. The molecule has 4 heteroatoms. The minimum atomic E-state index is -0.904. The molecule has 0 unspecified atom stereocenters. The molecule has 0 spiro atoms. The average molecular weight is 242 g/mol. The van der Waals surface area contributed by atoms with Gasteiger partial charge in [-0.2, -0.15) is 0 Å². The molecule has 1 aromatic carbocycles. The van der Waals surface area contributed by atoms with Gasteiger partial charge in [-0.15, -0.1) is 0 Å². The van der Waals surface area contributed by atoms with Crippen LogP contribution in [-0.4, -0.2) is 20.6 Å². The Hall–Kier alpha value is -2.10. The summed E-state index contributed by atoms with van der Waals surface area (Å²) >= 11 is 0. The van der Waals surface area contributed by atoms with E-state index in [0.717, 1.165) is 25.2 Å². The SMILES string of the molecule is O=C(O)c1ccccc1-c1ncc2n1CCCC2. The summed E-state index contributed by atoms with van der Waals surface area (Å²) in [6.07, 6.45) is 5.21. The van der Waals surface area contributed by atoms with Crippen molar-refractivity contribution in [1.29, 1.82) is 0 Å². The van der Waals surface area contributed by atoms with Crippen molar-refractivity contribution in [3.05, 3.63) is 41.7 Å². The Morgan fingerprint density at radius 1 is 1.28 bits per heavy atom. The first kappa shape index (κ1) is 11.0. The van der Waals surface area contributed by atoms with Crippen LogP contribution in [0.1, 0.15) is 28.9 Å². The van der Waals surface area contributed by atoms with Crippen LogP contribution in [0.25, 0.3) is 11.4 Å². The van der Waals surface area contributed by atoms with Gasteiger partial charge in [0, 0.05) is 24.0 Å². The van der Waals surface area contributed by atoms with Crippen molar-refractivity contribution in [2.75, 3.05) is 0 Å². The van der Waals surface area contributed by atoms with Crippen molar-refractivity contribution in [3.8, 4) is 11.4 Å². The fourth-order valence-corrected chi connectivity index (χ4v) is 2.52. The molecule has 1 aliphatic rings. The molecule has 2 heterocycles. The van der Waals surface area contributed by atoms with Gasteiger partial charge in [-0.3, -0.25) is 0 Å². The third-order valence-electron chi connectivity index (χ3n) is 3.40. The third kappa shape index (κ3) is 1.70. The summed E-state index contributed by atoms with van der Waals surface area (Å²) in [7, 11) is 0. The van der Waals surface area contributed by atoms with Crippen LogP contribution in [0.3, 0.4) is 0 Å². The van der Waals surface area contributed by atoms with Crippen LogP contribution in [0.4, 0.5) is 0 Å². The fraction of sp³-hybridized carbons (Fsp3) is 0.286. The Bertz CT molecular complexity index is 602. The van der Waals surface area contributed by atoms with Crippen molar-refractivity contribution in [3.63, 3.8) is 0 Å². The van der Waals surface area contributed by atoms with Gasteiger partial charge in [-0.25, -0.2) is 9.78 Å². The van der Waals surface area contributed by atoms with Crippen molar-refractivity contribution in [2.24, 2.45) is 0 Å². The minimum Gasteiger partial charge on any atom is -0.478 e. The molecule has 18 heavy (non-hydrogen) atoms. The molecular weight excluding hydrogens is 228 g/mol. The van der Waals surface area contributed by atoms with Gasteiger partial charge >= 0.3 is 5.97 Å². The van der Waals surface area contributed by atoms with Crippen molar-refractivity contribution in [1.82, 2.24) is 9.55 Å². The average Bonchev–Trinajstić information content (AvgIpc) is 2.82. The highest BCUT2D eigenvalue weighted by molar-refractivity contribution is 5.95. The van der Waals surface area contributed by atoms with Gasteiger partial charge in [-0.05, 0) is 25.3 Å². The van der Waals surface area contributed by atoms with E-state index in [-0.39, 0.29) is 0 Å². The summed E-state index contributed by atoms with van der Waals surface area (Å²) in [5.41, 5.74) is 2.23. The second-order valence-electron chi connectivity index (χ2n) is 4.53. The van der Waals surface area contributed by atoms with Crippen molar-refractivity contribution >= 4 is 5.97 Å². The lowest BCUT2D eigenvalue weighted by atomic mass is 10.1. The van der Waals surface area contributed by atoms with E-state index in [2.05, 4.69) is 9.55 Å². The molecule has 0 fully saturated rings. The monoisotopic (exact) mass is 242 g/mol. The van der Waals surface area contributed by atoms with Crippen LogP contribution in [0, 0.1) is 0 Å². The zero-order valence-electron chi connectivity index (χ0n) is 9.97. The zero-order valence-corrected chi connectivity index (χ0v) is 9.97. The Balaban J connectivity index is 2.15. The Kier molecular flexibility index (Phi) is 2.63. The summed E-state index contributed by atoms with van der Waals surface area (Å²) in [6.45, 7) is 0.929. The first-order valence-corrected chi connectivity index (χ1v) is 6.14. The number of carboxylic acid groups (broad SMARTS) is 1. The van der Waals surface area contributed by atoms with E-state index in [1.807, 2.05) is 18.3 Å². The molecule has 0 radical (unpaired) electrons. The quantitative estimate of drug-likeness (QED) is 0.880. The number of hydrogen-bond donors (Lipinski definition) is 1. The maximum Gasteiger partial charge on any atom is 0.336 e. The number of nitrogens with zero attached hydrogens (tertiary/aromatic N) is 2. The number of aryl methyl sites for hydroxylation is 1. The molecule has 1 aliphatic heterocycles. The Morgan fingerprint density at radius 2 is 2.11 bits per heavy atom. The number of rotatable bonds is 2. The van der Waals surface area contributed by atoms with E-state index >= 15 is 0 Å². The number of aromatic nitrogens is 2. The molecule has 1 aromatic heterocycles. The van der Waals surface area contributed by atoms with E-state index in [0.29, 0.717) is 11.1 Å². The van der Waals surface area contributed by atoms with Gasteiger partial charge in [0.15, 0.2) is 0 Å². The molecule has 0 atom stereocenters. The molecule has 0 saturated heterocycles. The predicted molar refractivity (Wildman–Crippen MR) is 67.6 cm³/mol. The van der Waals surface area contributed by atoms with Crippen LogP contribution in [0.2, 0.25) is 0 Å². The van der Waals surface area contributed by atoms with Crippen molar-refractivity contribution in [2.45, 2.75) is 25.8 Å². The smallest absolute Gasteiger partial charge is 0.336 e. The number of carbonyl (C=O) groups is 1. The predicted octanol–water partition coefficient (Wildman–Crippen LogP) is 2.58. The van der Waals surface area contributed by atoms with Crippen LogP contribution < -0.4 is 0 Å². The highest BCUT2D eigenvalue weighted by Gasteiger charge is 2.19. The standard InChI is InChI=1S/C14H14N2O2/c17-14(18)12-7-2-1-6-11(12)13-15-9-10-5-3-4-8-16(10)13/h1-2,6-7,9H,3-5,8H2,(H,17,18). The molecule has 0 saturated carbocycles. The Morgan fingerprint density at radius 3 is 2.94 bits per heavy atom. The van der Waals surface area contributed by atoms with Gasteiger partial charge in [0.05, 0.1) is 5.56 Å². The molecule has 3 rings (SSSR count). The lowest BCUT2D eigenvalue weighted by Gasteiger charge is -2.17. The van der Waals surface area contributed by atoms with E-state index in [1.165, 1.54) is 12.1 Å². The van der Waals surface area contributed by atoms with Gasteiger partial charge in [0.25, 0.3) is 0 Å². The van der Waals surface area contributed by atoms with Crippen LogP contribution in [0.15, 0.2) is 30.5 Å². The molecule has 2 aromatic rings. The normalized spacial score (nSPS) is 14.2. The third-order valence-corrected chi connectivity index (χ3v) is 3.40. The van der Waals surface area contributed by atoms with E-state index in [1.54, 1.807) is 12.1 Å². The topological polar surface area (TPSA) is 55.1 Å². The summed E-state index contributed by atoms with van der Waals surface area (Å²) in [5.74, 6) is -0.124. The highest BCUT2D eigenvalue weighted by Crippen LogP contribution is 2.27. The largest absolute Gasteiger partial charge is 0.478 e. The fourth-order valence-electron chi connectivity index (χ4n) is 2.52. The van der Waals surface area contributed by atoms with Crippen LogP contribution in [-0.2, 0) is 13.0 Å². The lowest BCUT2D eigenvalue weighted by molar-refractivity contribution is 0.0697. The van der Waals surface area contributed by atoms with Crippen LogP contribution in [0.5, 0.6) is 0 Å². The van der Waals surface area contributed by atoms with Gasteiger partial charge < -0.3 is 9.67 Å². The number of imidazole rings is 1. The molecule has 0 aliphatic carbocycles. The summed E-state index contributed by atoms with van der Waals surface area (Å²) in [4.78, 5) is 15.7. The van der Waals surface area contributed by atoms with Crippen LogP contribution >= 0.6 is 0 Å². The highest BCUT2D eigenvalue weighted by atomic mass is 16.4. The molecular formula is C14H14N2O2. The summed E-state index contributed by atoms with van der Waals surface area (Å²) in [5, 5.41) is 9.23. The number of fused-ring (bicyclic) bond motifs is 1. The molecule has 4 nitrogen and oxygen atoms in total. The molecule has 0 amide bonds. The summed E-state index contributed by atoms with van der Waals surface area (Å²) in [6, 6.07) is 7.05. The lowest BCUT2D eigenvalue weighted by Crippen LogP contribution is -2.12. The van der Waals surface area contributed by atoms with E-state index < -0.39 is 5.97 Å². The second-order valence-corrected chi connectivity index (χ2v) is 4.53. The van der Waals surface area contributed by atoms with Gasteiger partial charge in [0.1, 0.15) is 5.82 Å². The maximum absolute atomic E-state index is 11.2. The number of benzene rings is 1. The number of aromatic carboxylic acids is 1. The van der Waals surface area contributed by atoms with Crippen molar-refractivity contribution < 1.29 is 9.90 Å². The van der Waals surface area contributed by atoms with E-state index in [4.69, 9.17) is 0 Å². The van der Waals surface area contributed by atoms with Gasteiger partial charge in [-0.1, -0.05) is 18.2 Å². The first-order valence-electron chi connectivity index (χ1n) is 6.14. The zero-order chi connectivity index (χ0) is 12.5. The number of carboxylic acids is 1. The molecule has 1 N–H and O–H groups in total. The maximum atomic E-state index is 11.2. The first-order chi connectivity index (χ1) is 8.77. The van der Waals surface area contributed by atoms with Gasteiger partial charge in [0.2, 0.25) is 0 Å². The second kappa shape index (κ2) is 4.29. The minimum absolute atomic E-state index is 0.316. The molecule has 0 bridgehead atoms. The summed E-state index contributed by atoms with van der Waals surface area (Å²) < 4.78 is 2.14. The number of hydrogen-bond acceptors (Lipinski definition) is 2. The Labute approximate surface area is 105 Å². The van der Waals surface area contributed by atoms with E-state index in [9.17, 15) is 9.90 Å².